The third-order valence-corrected chi connectivity index (χ3v) is 4.55. The third-order valence-electron chi connectivity index (χ3n) is 4.55. The Hall–Kier alpha value is -0.820. The van der Waals surface area contributed by atoms with Crippen LogP contribution < -0.4 is 5.73 Å². The molecule has 0 fully saturated rings. The lowest BCUT2D eigenvalue weighted by Crippen LogP contribution is -2.35. The molecule has 1 nitrogen and oxygen atoms in total. The van der Waals surface area contributed by atoms with E-state index in [1.54, 1.807) is 0 Å². The molecular weight excluding hydrogens is 230 g/mol. The van der Waals surface area contributed by atoms with Gasteiger partial charge in [-0.3, -0.25) is 0 Å². The van der Waals surface area contributed by atoms with Gasteiger partial charge < -0.3 is 5.73 Å². The Bertz CT molecular complexity index is 372. The number of hydrogen-bond donors (Lipinski definition) is 1. The van der Waals surface area contributed by atoms with Crippen LogP contribution in [0.15, 0.2) is 24.3 Å². The minimum Gasteiger partial charge on any atom is -0.327 e. The molecule has 106 valence electrons. The molecule has 0 amide bonds. The molecule has 1 aliphatic rings. The fraction of sp³-hybridized carbons (Fsp3) is 0.667. The second-order valence-electron chi connectivity index (χ2n) is 6.08. The van der Waals surface area contributed by atoms with E-state index in [2.05, 4.69) is 31.2 Å². The first-order chi connectivity index (χ1) is 9.33. The Morgan fingerprint density at radius 2 is 1.74 bits per heavy atom. The molecule has 0 saturated heterocycles. The zero-order valence-electron chi connectivity index (χ0n) is 12.4. The third kappa shape index (κ3) is 4.07. The van der Waals surface area contributed by atoms with E-state index in [4.69, 9.17) is 5.73 Å². The molecule has 1 heteroatoms. The Balaban J connectivity index is 1.58. The van der Waals surface area contributed by atoms with Gasteiger partial charge in [0.05, 0.1) is 0 Å². The number of rotatable bonds is 9. The maximum atomic E-state index is 6.36. The first-order valence-corrected chi connectivity index (χ1v) is 8.16. The topological polar surface area (TPSA) is 26.0 Å². The first-order valence-electron chi connectivity index (χ1n) is 8.16. The van der Waals surface area contributed by atoms with Gasteiger partial charge in [0.2, 0.25) is 0 Å². The number of fused-ring (bicyclic) bond motifs is 1. The molecular formula is C18H29N. The SMILES string of the molecule is CCCCCCCCCC(N)C1Cc2ccccc21. The van der Waals surface area contributed by atoms with E-state index in [9.17, 15) is 0 Å². The summed E-state index contributed by atoms with van der Waals surface area (Å²) in [6.45, 7) is 2.27. The molecule has 1 aromatic rings. The normalized spacial score (nSPS) is 18.7. The molecule has 0 radical (unpaired) electrons. The van der Waals surface area contributed by atoms with Crippen LogP contribution in [-0.2, 0) is 6.42 Å². The van der Waals surface area contributed by atoms with Crippen LogP contribution in [0.2, 0.25) is 0 Å². The average Bonchev–Trinajstić information content (AvgIpc) is 2.39. The van der Waals surface area contributed by atoms with E-state index >= 15 is 0 Å². The van der Waals surface area contributed by atoms with E-state index in [0.29, 0.717) is 12.0 Å². The van der Waals surface area contributed by atoms with Crippen LogP contribution in [0.25, 0.3) is 0 Å². The first kappa shape index (κ1) is 14.6. The van der Waals surface area contributed by atoms with Crippen molar-refractivity contribution in [2.24, 2.45) is 5.73 Å². The van der Waals surface area contributed by atoms with Crippen LogP contribution in [0.1, 0.15) is 75.3 Å². The molecule has 0 heterocycles. The zero-order valence-corrected chi connectivity index (χ0v) is 12.4. The van der Waals surface area contributed by atoms with E-state index in [0.717, 1.165) is 0 Å². The van der Waals surface area contributed by atoms with E-state index in [1.165, 1.54) is 68.9 Å². The second kappa shape index (κ2) is 7.69. The van der Waals surface area contributed by atoms with Crippen molar-refractivity contribution in [3.05, 3.63) is 35.4 Å². The van der Waals surface area contributed by atoms with Crippen LogP contribution in [0.3, 0.4) is 0 Å². The molecule has 1 aromatic carbocycles. The van der Waals surface area contributed by atoms with Gasteiger partial charge in [0.25, 0.3) is 0 Å². The molecule has 0 bridgehead atoms. The lowest BCUT2D eigenvalue weighted by Gasteiger charge is -2.34. The van der Waals surface area contributed by atoms with Crippen molar-refractivity contribution in [3.63, 3.8) is 0 Å². The highest BCUT2D eigenvalue weighted by Gasteiger charge is 2.29. The van der Waals surface area contributed by atoms with Crippen molar-refractivity contribution in [2.75, 3.05) is 0 Å². The molecule has 2 atom stereocenters. The zero-order chi connectivity index (χ0) is 13.5. The Kier molecular flexibility index (Phi) is 5.91. The smallest absolute Gasteiger partial charge is 0.0111 e. The van der Waals surface area contributed by atoms with Crippen LogP contribution in [0, 0.1) is 0 Å². The predicted molar refractivity (Wildman–Crippen MR) is 83.5 cm³/mol. The molecule has 0 aliphatic heterocycles. The van der Waals surface area contributed by atoms with Crippen molar-refractivity contribution < 1.29 is 0 Å². The van der Waals surface area contributed by atoms with Crippen molar-refractivity contribution in [2.45, 2.75) is 76.7 Å². The lowest BCUT2D eigenvalue weighted by molar-refractivity contribution is 0.436. The van der Waals surface area contributed by atoms with Crippen molar-refractivity contribution in [3.8, 4) is 0 Å². The highest BCUT2D eigenvalue weighted by atomic mass is 14.7. The summed E-state index contributed by atoms with van der Waals surface area (Å²) in [7, 11) is 0. The lowest BCUT2D eigenvalue weighted by atomic mass is 9.72. The summed E-state index contributed by atoms with van der Waals surface area (Å²) in [6.07, 6.45) is 12.0. The largest absolute Gasteiger partial charge is 0.327 e. The summed E-state index contributed by atoms with van der Waals surface area (Å²) < 4.78 is 0. The summed E-state index contributed by atoms with van der Waals surface area (Å²) in [4.78, 5) is 0. The summed E-state index contributed by atoms with van der Waals surface area (Å²) in [5.41, 5.74) is 9.38. The quantitative estimate of drug-likeness (QED) is 0.634. The Morgan fingerprint density at radius 3 is 2.47 bits per heavy atom. The van der Waals surface area contributed by atoms with Gasteiger partial charge in [0.1, 0.15) is 0 Å². The number of nitrogens with two attached hydrogens (primary N) is 1. The summed E-state index contributed by atoms with van der Waals surface area (Å²) >= 11 is 0. The fourth-order valence-corrected chi connectivity index (χ4v) is 3.22. The van der Waals surface area contributed by atoms with Gasteiger partial charge in [-0.1, -0.05) is 76.1 Å². The number of benzene rings is 1. The van der Waals surface area contributed by atoms with E-state index < -0.39 is 0 Å². The minimum absolute atomic E-state index is 0.380. The summed E-state index contributed by atoms with van der Waals surface area (Å²) in [6, 6.07) is 9.16. The highest BCUT2D eigenvalue weighted by molar-refractivity contribution is 5.41. The summed E-state index contributed by atoms with van der Waals surface area (Å²) in [5, 5.41) is 0. The number of hydrogen-bond acceptors (Lipinski definition) is 1. The van der Waals surface area contributed by atoms with Crippen molar-refractivity contribution in [1.29, 1.82) is 0 Å². The standard InChI is InChI=1S/C18H29N/c1-2-3-4-5-6-7-8-13-18(19)17-14-15-11-9-10-12-16(15)17/h9-12,17-18H,2-8,13-14,19H2,1H3. The van der Waals surface area contributed by atoms with Crippen LogP contribution >= 0.6 is 0 Å². The molecule has 0 spiro atoms. The van der Waals surface area contributed by atoms with Gasteiger partial charge in [-0.05, 0) is 24.0 Å². The van der Waals surface area contributed by atoms with Gasteiger partial charge >= 0.3 is 0 Å². The van der Waals surface area contributed by atoms with Crippen LogP contribution in [0.4, 0.5) is 0 Å². The maximum Gasteiger partial charge on any atom is 0.0111 e. The van der Waals surface area contributed by atoms with Crippen LogP contribution in [0.5, 0.6) is 0 Å². The predicted octanol–water partition coefficient (Wildman–Crippen LogP) is 4.79. The Morgan fingerprint density at radius 1 is 1.05 bits per heavy atom. The highest BCUT2D eigenvalue weighted by Crippen LogP contribution is 2.37. The van der Waals surface area contributed by atoms with Crippen LogP contribution in [-0.4, -0.2) is 6.04 Å². The second-order valence-corrected chi connectivity index (χ2v) is 6.08. The van der Waals surface area contributed by atoms with E-state index in [-0.39, 0.29) is 0 Å². The fourth-order valence-electron chi connectivity index (χ4n) is 3.22. The van der Waals surface area contributed by atoms with Crippen molar-refractivity contribution in [1.82, 2.24) is 0 Å². The molecule has 2 rings (SSSR count). The van der Waals surface area contributed by atoms with E-state index in [1.807, 2.05) is 0 Å². The molecule has 1 aliphatic carbocycles. The van der Waals surface area contributed by atoms with Gasteiger partial charge in [0.15, 0.2) is 0 Å². The molecule has 19 heavy (non-hydrogen) atoms. The minimum atomic E-state index is 0.380. The Labute approximate surface area is 118 Å². The average molecular weight is 259 g/mol. The maximum absolute atomic E-state index is 6.36. The molecule has 0 saturated carbocycles. The molecule has 2 unspecified atom stereocenters. The number of unbranched alkanes of at least 4 members (excludes halogenated alkanes) is 6. The van der Waals surface area contributed by atoms with Gasteiger partial charge in [0, 0.05) is 12.0 Å². The molecule has 0 aromatic heterocycles. The van der Waals surface area contributed by atoms with Gasteiger partial charge in [-0.2, -0.15) is 0 Å². The molecule has 2 N–H and O–H groups in total. The van der Waals surface area contributed by atoms with Gasteiger partial charge in [-0.25, -0.2) is 0 Å². The van der Waals surface area contributed by atoms with Crippen molar-refractivity contribution >= 4 is 0 Å². The van der Waals surface area contributed by atoms with Gasteiger partial charge in [-0.15, -0.1) is 0 Å². The summed E-state index contributed by atoms with van der Waals surface area (Å²) in [5.74, 6) is 0.635. The monoisotopic (exact) mass is 259 g/mol.